The number of carbonyl (C=O) groups is 1. The van der Waals surface area contributed by atoms with Crippen LogP contribution in [0.1, 0.15) is 27.2 Å². The van der Waals surface area contributed by atoms with Gasteiger partial charge in [-0.25, -0.2) is 4.79 Å². The van der Waals surface area contributed by atoms with E-state index in [1.54, 1.807) is 6.07 Å². The van der Waals surface area contributed by atoms with Crippen LogP contribution in [0.3, 0.4) is 0 Å². The van der Waals surface area contributed by atoms with Gasteiger partial charge in [0, 0.05) is 19.2 Å². The Morgan fingerprint density at radius 3 is 2.65 bits per heavy atom. The van der Waals surface area contributed by atoms with Crippen LogP contribution < -0.4 is 10.6 Å². The van der Waals surface area contributed by atoms with E-state index in [4.69, 9.17) is 27.9 Å². The van der Waals surface area contributed by atoms with Gasteiger partial charge in [-0.1, -0.05) is 23.2 Å². The summed E-state index contributed by atoms with van der Waals surface area (Å²) in [7, 11) is 0. The summed E-state index contributed by atoms with van der Waals surface area (Å²) < 4.78 is 5.11. The van der Waals surface area contributed by atoms with Crippen molar-refractivity contribution in [3.05, 3.63) is 16.4 Å². The van der Waals surface area contributed by atoms with Gasteiger partial charge in [0.15, 0.2) is 10.3 Å². The summed E-state index contributed by atoms with van der Waals surface area (Å²) in [4.78, 5) is 11.4. The van der Waals surface area contributed by atoms with Crippen LogP contribution in [-0.2, 0) is 4.74 Å². The van der Waals surface area contributed by atoms with Crippen molar-refractivity contribution in [2.45, 2.75) is 32.8 Å². The molecule has 0 unspecified atom stereocenters. The van der Waals surface area contributed by atoms with Gasteiger partial charge in [-0.05, 0) is 27.2 Å². The molecule has 1 aromatic heterocycles. The number of halogens is 2. The Labute approximate surface area is 128 Å². The molecule has 0 saturated carbocycles. The van der Waals surface area contributed by atoms with Crippen LogP contribution in [0.25, 0.3) is 0 Å². The standard InChI is InChI=1S/C12H18Cl2N4O2/c1-12(2,3)20-11(19)16-6-4-5-15-8-7-9(13)17-18-10(8)14/h7H,4-6H2,1-3H3,(H,15,17)(H,16,19). The first-order valence-electron chi connectivity index (χ1n) is 6.17. The fourth-order valence-electron chi connectivity index (χ4n) is 1.29. The quantitative estimate of drug-likeness (QED) is 0.815. The lowest BCUT2D eigenvalue weighted by molar-refractivity contribution is 0.0528. The zero-order valence-corrected chi connectivity index (χ0v) is 13.2. The molecule has 1 aromatic rings. The summed E-state index contributed by atoms with van der Waals surface area (Å²) in [5.74, 6) is 0. The van der Waals surface area contributed by atoms with E-state index < -0.39 is 11.7 Å². The third-order valence-electron chi connectivity index (χ3n) is 2.06. The molecule has 20 heavy (non-hydrogen) atoms. The maximum Gasteiger partial charge on any atom is 0.407 e. The normalized spacial score (nSPS) is 11.1. The molecular weight excluding hydrogens is 303 g/mol. The van der Waals surface area contributed by atoms with E-state index in [2.05, 4.69) is 20.8 Å². The minimum absolute atomic E-state index is 0.259. The lowest BCUT2D eigenvalue weighted by atomic mass is 10.2. The second-order valence-electron chi connectivity index (χ2n) is 5.08. The number of alkyl carbamates (subject to hydrolysis) is 1. The number of ether oxygens (including phenoxy) is 1. The van der Waals surface area contributed by atoms with Gasteiger partial charge >= 0.3 is 6.09 Å². The molecule has 6 nitrogen and oxygen atoms in total. The fraction of sp³-hybridized carbons (Fsp3) is 0.583. The van der Waals surface area contributed by atoms with Crippen molar-refractivity contribution < 1.29 is 9.53 Å². The van der Waals surface area contributed by atoms with Crippen LogP contribution in [0.15, 0.2) is 6.07 Å². The highest BCUT2D eigenvalue weighted by Crippen LogP contribution is 2.20. The Kier molecular flexibility index (Phi) is 6.29. The lowest BCUT2D eigenvalue weighted by Crippen LogP contribution is -2.33. The molecule has 0 saturated heterocycles. The van der Waals surface area contributed by atoms with E-state index in [1.807, 2.05) is 20.8 Å². The highest BCUT2D eigenvalue weighted by molar-refractivity contribution is 6.33. The molecule has 0 aliphatic carbocycles. The Hall–Kier alpha value is -1.27. The van der Waals surface area contributed by atoms with Gasteiger partial charge in [-0.15, -0.1) is 10.2 Å². The first-order valence-corrected chi connectivity index (χ1v) is 6.93. The summed E-state index contributed by atoms with van der Waals surface area (Å²) in [5.41, 5.74) is 0.124. The highest BCUT2D eigenvalue weighted by Gasteiger charge is 2.15. The molecule has 0 radical (unpaired) electrons. The van der Waals surface area contributed by atoms with E-state index in [0.717, 1.165) is 0 Å². The molecule has 8 heteroatoms. The minimum atomic E-state index is -0.491. The SMILES string of the molecule is CC(C)(C)OC(=O)NCCCNc1cc(Cl)nnc1Cl. The Balaban J connectivity index is 2.22. The maximum atomic E-state index is 11.4. The summed E-state index contributed by atoms with van der Waals surface area (Å²) >= 11 is 11.6. The lowest BCUT2D eigenvalue weighted by Gasteiger charge is -2.19. The van der Waals surface area contributed by atoms with Gasteiger partial charge in [0.25, 0.3) is 0 Å². The van der Waals surface area contributed by atoms with Crippen molar-refractivity contribution in [1.29, 1.82) is 0 Å². The van der Waals surface area contributed by atoms with Crippen LogP contribution in [0, 0.1) is 0 Å². The Bertz CT molecular complexity index is 463. The smallest absolute Gasteiger partial charge is 0.407 e. The zero-order valence-electron chi connectivity index (χ0n) is 11.7. The van der Waals surface area contributed by atoms with Crippen molar-refractivity contribution >= 4 is 35.0 Å². The number of amides is 1. The molecule has 0 aliphatic rings. The highest BCUT2D eigenvalue weighted by atomic mass is 35.5. The third-order valence-corrected chi connectivity index (χ3v) is 2.52. The number of hydrogen-bond acceptors (Lipinski definition) is 5. The maximum absolute atomic E-state index is 11.4. The van der Waals surface area contributed by atoms with Crippen molar-refractivity contribution in [1.82, 2.24) is 15.5 Å². The van der Waals surface area contributed by atoms with Crippen LogP contribution in [0.5, 0.6) is 0 Å². The molecule has 0 atom stereocenters. The number of carbonyl (C=O) groups excluding carboxylic acids is 1. The van der Waals surface area contributed by atoms with Gasteiger partial charge < -0.3 is 15.4 Å². The van der Waals surface area contributed by atoms with E-state index >= 15 is 0 Å². The van der Waals surface area contributed by atoms with Crippen LogP contribution in [0.2, 0.25) is 10.3 Å². The molecule has 0 aromatic carbocycles. The van der Waals surface area contributed by atoms with Crippen LogP contribution in [0.4, 0.5) is 10.5 Å². The summed E-state index contributed by atoms with van der Waals surface area (Å²) in [6.45, 7) is 6.55. The molecular formula is C12H18Cl2N4O2. The first kappa shape index (κ1) is 16.8. The van der Waals surface area contributed by atoms with Crippen LogP contribution in [-0.4, -0.2) is 35.0 Å². The Morgan fingerprint density at radius 2 is 2.00 bits per heavy atom. The molecule has 0 aliphatic heterocycles. The van der Waals surface area contributed by atoms with E-state index in [1.165, 1.54) is 0 Å². The molecule has 2 N–H and O–H groups in total. The third kappa shape index (κ3) is 6.77. The molecule has 0 spiro atoms. The minimum Gasteiger partial charge on any atom is -0.444 e. The second-order valence-corrected chi connectivity index (χ2v) is 5.83. The van der Waals surface area contributed by atoms with Crippen molar-refractivity contribution in [3.63, 3.8) is 0 Å². The van der Waals surface area contributed by atoms with Gasteiger partial charge in [-0.2, -0.15) is 0 Å². The Morgan fingerprint density at radius 1 is 1.30 bits per heavy atom. The molecule has 1 heterocycles. The topological polar surface area (TPSA) is 76.1 Å². The van der Waals surface area contributed by atoms with Crippen LogP contribution >= 0.6 is 23.2 Å². The van der Waals surface area contributed by atoms with E-state index in [0.29, 0.717) is 25.2 Å². The molecule has 1 rings (SSSR count). The van der Waals surface area contributed by atoms with Gasteiger partial charge in [0.2, 0.25) is 0 Å². The zero-order chi connectivity index (χ0) is 15.2. The number of anilines is 1. The monoisotopic (exact) mass is 320 g/mol. The van der Waals surface area contributed by atoms with Crippen molar-refractivity contribution in [2.24, 2.45) is 0 Å². The average molecular weight is 321 g/mol. The van der Waals surface area contributed by atoms with E-state index in [-0.39, 0.29) is 10.3 Å². The number of aromatic nitrogens is 2. The average Bonchev–Trinajstić information content (AvgIpc) is 2.30. The summed E-state index contributed by atoms with van der Waals surface area (Å²) in [5, 5.41) is 13.5. The second kappa shape index (κ2) is 7.50. The molecule has 0 fully saturated rings. The van der Waals surface area contributed by atoms with Gasteiger partial charge in [0.1, 0.15) is 5.60 Å². The predicted octanol–water partition coefficient (Wildman–Crippen LogP) is 3.11. The number of hydrogen-bond donors (Lipinski definition) is 2. The van der Waals surface area contributed by atoms with Crippen molar-refractivity contribution in [3.8, 4) is 0 Å². The fourth-order valence-corrected chi connectivity index (χ4v) is 1.60. The summed E-state index contributed by atoms with van der Waals surface area (Å²) in [6, 6.07) is 1.60. The number of nitrogens with one attached hydrogen (secondary N) is 2. The van der Waals surface area contributed by atoms with Gasteiger partial charge in [-0.3, -0.25) is 0 Å². The first-order chi connectivity index (χ1) is 9.28. The molecule has 112 valence electrons. The predicted molar refractivity (Wildman–Crippen MR) is 79.4 cm³/mol. The number of rotatable bonds is 5. The molecule has 1 amide bonds. The van der Waals surface area contributed by atoms with Crippen molar-refractivity contribution in [2.75, 3.05) is 18.4 Å². The number of nitrogens with zero attached hydrogens (tertiary/aromatic N) is 2. The molecule has 0 bridgehead atoms. The van der Waals surface area contributed by atoms with Gasteiger partial charge in [0.05, 0.1) is 5.69 Å². The summed E-state index contributed by atoms with van der Waals surface area (Å²) in [6.07, 6.45) is 0.277. The largest absolute Gasteiger partial charge is 0.444 e. The van der Waals surface area contributed by atoms with E-state index in [9.17, 15) is 4.79 Å².